The summed E-state index contributed by atoms with van der Waals surface area (Å²) < 4.78 is 24.9. The summed E-state index contributed by atoms with van der Waals surface area (Å²) in [6.07, 6.45) is 0.696. The number of hydrogen-bond donors (Lipinski definition) is 3. The van der Waals surface area contributed by atoms with E-state index in [9.17, 15) is 14.0 Å². The van der Waals surface area contributed by atoms with E-state index in [1.54, 1.807) is 20.8 Å². The third-order valence-electron chi connectivity index (χ3n) is 3.19. The Morgan fingerprint density at radius 1 is 1.23 bits per heavy atom. The highest BCUT2D eigenvalue weighted by atomic mass is 19.1. The highest BCUT2D eigenvalue weighted by molar-refractivity contribution is 5.85. The number of nitrogens with one attached hydrogen (secondary N) is 3. The van der Waals surface area contributed by atoms with Crippen LogP contribution in [0.4, 0.5) is 14.9 Å². The van der Waals surface area contributed by atoms with Crippen LogP contribution in [-0.4, -0.2) is 26.6 Å². The van der Waals surface area contributed by atoms with Crippen molar-refractivity contribution >= 4 is 22.9 Å². The molecule has 2 aromatic heterocycles. The van der Waals surface area contributed by atoms with Crippen LogP contribution in [0.5, 0.6) is 11.5 Å². The van der Waals surface area contributed by atoms with E-state index in [2.05, 4.69) is 20.3 Å². The van der Waals surface area contributed by atoms with Crippen molar-refractivity contribution < 1.29 is 18.7 Å². The van der Waals surface area contributed by atoms with E-state index in [0.717, 1.165) is 6.07 Å². The lowest BCUT2D eigenvalue weighted by Crippen LogP contribution is -2.27. The van der Waals surface area contributed by atoms with Crippen LogP contribution < -0.4 is 15.7 Å². The molecule has 0 aliphatic rings. The van der Waals surface area contributed by atoms with Gasteiger partial charge in [0.15, 0.2) is 17.2 Å². The quantitative estimate of drug-likeness (QED) is 0.662. The molecule has 0 spiro atoms. The summed E-state index contributed by atoms with van der Waals surface area (Å²) in [5.74, 6) is -0.200. The van der Waals surface area contributed by atoms with Crippen LogP contribution in [0, 0.1) is 5.82 Å². The minimum absolute atomic E-state index is 0.0403. The first-order valence-electron chi connectivity index (χ1n) is 7.76. The molecule has 0 fully saturated rings. The monoisotopic (exact) mass is 360 g/mol. The maximum absolute atomic E-state index is 14.2. The number of aromatic nitrogens is 3. The first-order chi connectivity index (χ1) is 12.2. The Balaban J connectivity index is 1.79. The summed E-state index contributed by atoms with van der Waals surface area (Å²) in [6, 6.07) is 5.49. The molecule has 0 bridgehead atoms. The van der Waals surface area contributed by atoms with Gasteiger partial charge in [-0.05, 0) is 32.9 Å². The van der Waals surface area contributed by atoms with E-state index < -0.39 is 23.2 Å². The smallest absolute Gasteiger partial charge is 0.412 e. The lowest BCUT2D eigenvalue weighted by atomic mass is 10.2. The van der Waals surface area contributed by atoms with Gasteiger partial charge in [0, 0.05) is 18.3 Å². The van der Waals surface area contributed by atoms with Gasteiger partial charge in [-0.2, -0.15) is 0 Å². The molecule has 3 rings (SSSR count). The normalized spacial score (nSPS) is 11.4. The Kier molecular flexibility index (Phi) is 4.37. The minimum Gasteiger partial charge on any atom is -0.455 e. The molecule has 1 amide bonds. The van der Waals surface area contributed by atoms with Crippen LogP contribution in [0.25, 0.3) is 11.2 Å². The van der Waals surface area contributed by atoms with E-state index in [1.807, 2.05) is 0 Å². The number of anilines is 1. The van der Waals surface area contributed by atoms with Gasteiger partial charge < -0.3 is 14.5 Å². The van der Waals surface area contributed by atoms with Gasteiger partial charge in [-0.15, -0.1) is 0 Å². The second-order valence-corrected chi connectivity index (χ2v) is 6.48. The number of carbonyl (C=O) groups is 1. The van der Waals surface area contributed by atoms with Crippen LogP contribution >= 0.6 is 0 Å². The molecule has 1 aromatic carbocycles. The zero-order chi connectivity index (χ0) is 18.9. The number of hydrogen-bond acceptors (Lipinski definition) is 5. The van der Waals surface area contributed by atoms with Crippen LogP contribution in [0.2, 0.25) is 0 Å². The number of nitrogens with zero attached hydrogens (tertiary/aromatic N) is 1. The zero-order valence-corrected chi connectivity index (χ0v) is 14.3. The second-order valence-electron chi connectivity index (χ2n) is 6.48. The minimum atomic E-state index is -0.759. The van der Waals surface area contributed by atoms with Gasteiger partial charge in [0.1, 0.15) is 16.9 Å². The molecule has 0 unspecified atom stereocenters. The number of ether oxygens (including phenoxy) is 2. The average Bonchev–Trinajstić information content (AvgIpc) is 2.89. The fourth-order valence-corrected chi connectivity index (χ4v) is 2.20. The van der Waals surface area contributed by atoms with Crippen molar-refractivity contribution in [2.45, 2.75) is 26.4 Å². The number of rotatable bonds is 3. The molecule has 0 saturated heterocycles. The van der Waals surface area contributed by atoms with Crippen molar-refractivity contribution in [3.8, 4) is 11.5 Å². The molecule has 0 saturated carbocycles. The molecule has 0 aliphatic heterocycles. The third kappa shape index (κ3) is 4.00. The highest BCUT2D eigenvalue weighted by Crippen LogP contribution is 2.28. The van der Waals surface area contributed by atoms with Gasteiger partial charge in [-0.1, -0.05) is 0 Å². The van der Waals surface area contributed by atoms with Gasteiger partial charge in [-0.25, -0.2) is 19.0 Å². The standard InChI is InChI=1S/C17H17FN4O4/c1-17(2,3)26-16(24)20-11-5-4-9(8-10(11)18)25-12-6-7-19-14-13(12)21-15(23)22-14/h4-8H,1-3H3,(H,20,24)(H2,19,21,22,23). The summed E-state index contributed by atoms with van der Waals surface area (Å²) in [5, 5.41) is 2.34. The Morgan fingerprint density at radius 3 is 2.69 bits per heavy atom. The Labute approximate surface area is 147 Å². The van der Waals surface area contributed by atoms with Gasteiger partial charge in [0.2, 0.25) is 0 Å². The van der Waals surface area contributed by atoms with E-state index in [4.69, 9.17) is 9.47 Å². The molecule has 136 valence electrons. The molecule has 3 N–H and O–H groups in total. The largest absolute Gasteiger partial charge is 0.455 e. The highest BCUT2D eigenvalue weighted by Gasteiger charge is 2.18. The molecule has 0 aliphatic carbocycles. The summed E-state index contributed by atoms with van der Waals surface area (Å²) in [5.41, 5.74) is -0.456. The van der Waals surface area contributed by atoms with Gasteiger partial charge in [0.25, 0.3) is 0 Å². The van der Waals surface area contributed by atoms with Gasteiger partial charge >= 0.3 is 11.8 Å². The number of amides is 1. The van der Waals surface area contributed by atoms with E-state index in [-0.39, 0.29) is 11.4 Å². The fourth-order valence-electron chi connectivity index (χ4n) is 2.20. The molecule has 8 nitrogen and oxygen atoms in total. The van der Waals surface area contributed by atoms with Crippen LogP contribution in [0.15, 0.2) is 35.3 Å². The number of halogens is 1. The SMILES string of the molecule is CC(C)(C)OC(=O)Nc1ccc(Oc2ccnc3[nH]c(=O)[nH]c23)cc1F. The van der Waals surface area contributed by atoms with Crippen molar-refractivity contribution in [2.75, 3.05) is 5.32 Å². The van der Waals surface area contributed by atoms with Crippen molar-refractivity contribution in [3.05, 3.63) is 46.8 Å². The lowest BCUT2D eigenvalue weighted by molar-refractivity contribution is 0.0635. The van der Waals surface area contributed by atoms with Crippen LogP contribution in [-0.2, 0) is 4.74 Å². The maximum atomic E-state index is 14.2. The Bertz CT molecular complexity index is 1020. The molecular weight excluding hydrogens is 343 g/mol. The van der Waals surface area contributed by atoms with Gasteiger partial charge in [-0.3, -0.25) is 10.3 Å². The first kappa shape index (κ1) is 17.5. The van der Waals surface area contributed by atoms with Crippen LogP contribution in [0.3, 0.4) is 0 Å². The predicted octanol–water partition coefficient (Wildman–Crippen LogP) is 3.53. The van der Waals surface area contributed by atoms with E-state index >= 15 is 0 Å². The molecule has 0 atom stereocenters. The number of H-pyrrole nitrogens is 2. The zero-order valence-electron chi connectivity index (χ0n) is 14.3. The summed E-state index contributed by atoms with van der Waals surface area (Å²) in [7, 11) is 0. The molecule has 3 aromatic rings. The predicted molar refractivity (Wildman–Crippen MR) is 93.0 cm³/mol. The van der Waals surface area contributed by atoms with Crippen molar-refractivity contribution in [1.29, 1.82) is 0 Å². The fraction of sp³-hybridized carbons (Fsp3) is 0.235. The molecule has 2 heterocycles. The number of pyridine rings is 1. The topological polar surface area (TPSA) is 109 Å². The van der Waals surface area contributed by atoms with E-state index in [1.165, 1.54) is 24.4 Å². The number of fused-ring (bicyclic) bond motifs is 1. The third-order valence-corrected chi connectivity index (χ3v) is 3.19. The van der Waals surface area contributed by atoms with Crippen molar-refractivity contribution in [3.63, 3.8) is 0 Å². The molecule has 0 radical (unpaired) electrons. The van der Waals surface area contributed by atoms with Gasteiger partial charge in [0.05, 0.1) is 5.69 Å². The number of carbonyl (C=O) groups excluding carboxylic acids is 1. The number of aromatic amines is 2. The molecular formula is C17H17FN4O4. The van der Waals surface area contributed by atoms with E-state index in [0.29, 0.717) is 16.9 Å². The maximum Gasteiger partial charge on any atom is 0.412 e. The Hall–Kier alpha value is -3.36. The number of benzene rings is 1. The second kappa shape index (κ2) is 6.51. The molecule has 9 heteroatoms. The summed E-state index contributed by atoms with van der Waals surface area (Å²) >= 11 is 0. The summed E-state index contributed by atoms with van der Waals surface area (Å²) in [4.78, 5) is 32.2. The number of imidazole rings is 1. The Morgan fingerprint density at radius 2 is 2.00 bits per heavy atom. The summed E-state index contributed by atoms with van der Waals surface area (Å²) in [6.45, 7) is 5.13. The van der Waals surface area contributed by atoms with Crippen molar-refractivity contribution in [2.24, 2.45) is 0 Å². The first-order valence-corrected chi connectivity index (χ1v) is 7.76. The lowest BCUT2D eigenvalue weighted by Gasteiger charge is -2.19. The van der Waals surface area contributed by atoms with Crippen LogP contribution in [0.1, 0.15) is 20.8 Å². The average molecular weight is 360 g/mol. The van der Waals surface area contributed by atoms with Crippen molar-refractivity contribution in [1.82, 2.24) is 15.0 Å². The molecule has 26 heavy (non-hydrogen) atoms.